The highest BCUT2D eigenvalue weighted by Gasteiger charge is 2.55. The van der Waals surface area contributed by atoms with Gasteiger partial charge in [0.1, 0.15) is 11.5 Å². The quantitative estimate of drug-likeness (QED) is 0.708. The number of rotatable bonds is 4. The predicted octanol–water partition coefficient (Wildman–Crippen LogP) is 3.42. The molecule has 182 valence electrons. The van der Waals surface area contributed by atoms with Gasteiger partial charge in [-0.2, -0.15) is 5.26 Å². The Bertz CT molecular complexity index is 1170. The van der Waals surface area contributed by atoms with Gasteiger partial charge < -0.3 is 20.6 Å². The first-order valence-corrected chi connectivity index (χ1v) is 12.9. The number of nitrogens with zero attached hydrogens (tertiary/aromatic N) is 4. The average molecular weight is 472 g/mol. The highest BCUT2D eigenvalue weighted by atomic mass is 16.3. The predicted molar refractivity (Wildman–Crippen MR) is 134 cm³/mol. The summed E-state index contributed by atoms with van der Waals surface area (Å²) in [6.07, 6.45) is 4.88. The summed E-state index contributed by atoms with van der Waals surface area (Å²) in [5.74, 6) is 2.04. The molecule has 1 aromatic carbocycles. The first-order chi connectivity index (χ1) is 16.8. The van der Waals surface area contributed by atoms with E-state index < -0.39 is 11.5 Å². The van der Waals surface area contributed by atoms with Crippen LogP contribution in [0.25, 0.3) is 0 Å². The fraction of sp³-hybridized carbons (Fsp3) is 0.536. The number of nitriles is 1. The molecule has 1 saturated heterocycles. The Balaban J connectivity index is 1.23. The average Bonchev–Trinajstić information content (AvgIpc) is 2.83. The topological polar surface area (TPSA) is 106 Å². The molecule has 5 fully saturated rings. The van der Waals surface area contributed by atoms with Crippen LogP contribution in [0.2, 0.25) is 0 Å². The molecule has 7 heteroatoms. The summed E-state index contributed by atoms with van der Waals surface area (Å²) in [5.41, 5.74) is 8.56. The third kappa shape index (κ3) is 3.84. The molecule has 4 saturated carbocycles. The maximum absolute atomic E-state index is 12.6. The molecule has 5 aliphatic rings. The van der Waals surface area contributed by atoms with E-state index in [-0.39, 0.29) is 12.0 Å². The van der Waals surface area contributed by atoms with Gasteiger partial charge in [-0.05, 0) is 98.6 Å². The molecule has 2 heterocycles. The fourth-order valence-corrected chi connectivity index (χ4v) is 7.85. The van der Waals surface area contributed by atoms with Crippen LogP contribution < -0.4 is 15.5 Å². The zero-order valence-electron chi connectivity index (χ0n) is 20.2. The molecular weight excluding hydrogens is 438 g/mol. The van der Waals surface area contributed by atoms with Crippen LogP contribution in [0.5, 0.6) is 0 Å². The van der Waals surface area contributed by atoms with Crippen LogP contribution in [-0.2, 0) is 0 Å². The molecule has 3 N–H and O–H groups in total. The van der Waals surface area contributed by atoms with E-state index in [1.54, 1.807) is 0 Å². The summed E-state index contributed by atoms with van der Waals surface area (Å²) in [6.45, 7) is 4.62. The van der Waals surface area contributed by atoms with Crippen molar-refractivity contribution in [3.63, 3.8) is 0 Å². The highest BCUT2D eigenvalue weighted by molar-refractivity contribution is 5.93. The minimum Gasteiger partial charge on any atom is -0.390 e. The monoisotopic (exact) mass is 471 g/mol. The maximum Gasteiger partial charge on any atom is 0.267 e. The molecular formula is C28H33N5O2. The molecule has 4 aliphatic carbocycles. The first kappa shape index (κ1) is 22.4. The van der Waals surface area contributed by atoms with Crippen LogP contribution >= 0.6 is 0 Å². The Morgan fingerprint density at radius 1 is 1.11 bits per heavy atom. The Morgan fingerprint density at radius 3 is 2.43 bits per heavy atom. The molecule has 4 bridgehead atoms. The number of anilines is 2. The second kappa shape index (κ2) is 8.23. The molecule has 1 amide bonds. The summed E-state index contributed by atoms with van der Waals surface area (Å²) in [5, 5.41) is 20.0. The second-order valence-electron chi connectivity index (χ2n) is 11.3. The highest BCUT2D eigenvalue weighted by Crippen LogP contribution is 2.61. The number of benzene rings is 1. The van der Waals surface area contributed by atoms with Gasteiger partial charge in [0, 0.05) is 31.4 Å². The number of hydrogen-bond donors (Lipinski definition) is 2. The van der Waals surface area contributed by atoms with E-state index in [9.17, 15) is 9.90 Å². The van der Waals surface area contributed by atoms with E-state index in [1.807, 2.05) is 24.3 Å². The number of piperazine rings is 1. The lowest BCUT2D eigenvalue weighted by molar-refractivity contribution is -0.134. The van der Waals surface area contributed by atoms with Crippen molar-refractivity contribution in [2.45, 2.75) is 56.6 Å². The van der Waals surface area contributed by atoms with Gasteiger partial charge in [-0.15, -0.1) is 0 Å². The SMILES string of the molecule is CC1CN(c2ccc(C#N)cc2)CCN1c1ccc(C2C3CC4CC2CC(O)(C4)C3)c(C(N)=O)n1. The number of nitrogens with two attached hydrogens (primary N) is 1. The van der Waals surface area contributed by atoms with E-state index in [2.05, 4.69) is 34.9 Å². The van der Waals surface area contributed by atoms with E-state index in [0.29, 0.717) is 29.0 Å². The Kier molecular flexibility index (Phi) is 5.26. The van der Waals surface area contributed by atoms with Gasteiger partial charge >= 0.3 is 0 Å². The van der Waals surface area contributed by atoms with Crippen LogP contribution in [-0.4, -0.2) is 47.3 Å². The molecule has 7 rings (SSSR count). The van der Waals surface area contributed by atoms with Crippen molar-refractivity contribution in [3.8, 4) is 6.07 Å². The normalized spacial score (nSPS) is 33.6. The lowest BCUT2D eigenvalue weighted by atomic mass is 9.49. The van der Waals surface area contributed by atoms with Crippen molar-refractivity contribution in [1.82, 2.24) is 4.98 Å². The maximum atomic E-state index is 12.6. The Hall–Kier alpha value is -3.11. The molecule has 2 aromatic rings. The summed E-state index contributed by atoms with van der Waals surface area (Å²) in [7, 11) is 0. The molecule has 35 heavy (non-hydrogen) atoms. The fourth-order valence-electron chi connectivity index (χ4n) is 7.85. The lowest BCUT2D eigenvalue weighted by Gasteiger charge is -2.58. The smallest absolute Gasteiger partial charge is 0.267 e. The van der Waals surface area contributed by atoms with Crippen molar-refractivity contribution in [1.29, 1.82) is 5.26 Å². The third-order valence-electron chi connectivity index (χ3n) is 9.03. The van der Waals surface area contributed by atoms with Gasteiger partial charge in [-0.3, -0.25) is 4.79 Å². The number of primary amides is 1. The van der Waals surface area contributed by atoms with Crippen LogP contribution in [0, 0.1) is 29.1 Å². The standard InChI is InChI=1S/C28H33N5O2/c1-17-16-32(22-4-2-18(15-29)3-5-22)8-9-33(17)24-7-6-23(26(31-24)27(30)34)25-20-10-19-11-21(25)14-28(35,12-19)13-20/h2-7,17,19-21,25,35H,8-14,16H2,1H3,(H2,30,34). The Morgan fingerprint density at radius 2 is 1.83 bits per heavy atom. The minimum absolute atomic E-state index is 0.203. The summed E-state index contributed by atoms with van der Waals surface area (Å²) in [4.78, 5) is 22.0. The van der Waals surface area contributed by atoms with Gasteiger partial charge in [0.05, 0.1) is 17.2 Å². The molecule has 0 radical (unpaired) electrons. The number of aromatic nitrogens is 1. The zero-order valence-corrected chi connectivity index (χ0v) is 20.2. The van der Waals surface area contributed by atoms with E-state index in [0.717, 1.165) is 68.8 Å². The van der Waals surface area contributed by atoms with E-state index in [4.69, 9.17) is 16.0 Å². The second-order valence-corrected chi connectivity index (χ2v) is 11.3. The summed E-state index contributed by atoms with van der Waals surface area (Å²) < 4.78 is 0. The minimum atomic E-state index is -0.503. The summed E-state index contributed by atoms with van der Waals surface area (Å²) in [6, 6.07) is 14.2. The molecule has 0 spiro atoms. The summed E-state index contributed by atoms with van der Waals surface area (Å²) >= 11 is 0. The largest absolute Gasteiger partial charge is 0.390 e. The number of pyridine rings is 1. The lowest BCUT2D eigenvalue weighted by Crippen LogP contribution is -2.54. The molecule has 7 nitrogen and oxygen atoms in total. The van der Waals surface area contributed by atoms with Gasteiger partial charge in [0.25, 0.3) is 5.91 Å². The van der Waals surface area contributed by atoms with Crippen molar-refractivity contribution < 1.29 is 9.90 Å². The number of carbonyl (C=O) groups is 1. The Labute approximate surface area is 206 Å². The number of carbonyl (C=O) groups excluding carboxylic acids is 1. The van der Waals surface area contributed by atoms with E-state index in [1.165, 1.54) is 0 Å². The number of hydrogen-bond acceptors (Lipinski definition) is 6. The van der Waals surface area contributed by atoms with Gasteiger partial charge in [0.15, 0.2) is 0 Å². The van der Waals surface area contributed by atoms with Crippen molar-refractivity contribution in [2.24, 2.45) is 23.5 Å². The number of amides is 1. The van der Waals surface area contributed by atoms with Crippen LogP contribution in [0.1, 0.15) is 66.6 Å². The van der Waals surface area contributed by atoms with Crippen molar-refractivity contribution in [3.05, 3.63) is 53.2 Å². The van der Waals surface area contributed by atoms with Gasteiger partial charge in [-0.25, -0.2) is 4.98 Å². The van der Waals surface area contributed by atoms with Crippen molar-refractivity contribution in [2.75, 3.05) is 29.4 Å². The van der Waals surface area contributed by atoms with Gasteiger partial charge in [-0.1, -0.05) is 6.07 Å². The van der Waals surface area contributed by atoms with Crippen LogP contribution in [0.15, 0.2) is 36.4 Å². The first-order valence-electron chi connectivity index (χ1n) is 12.9. The number of aliphatic hydroxyl groups is 1. The van der Waals surface area contributed by atoms with Crippen LogP contribution in [0.3, 0.4) is 0 Å². The van der Waals surface area contributed by atoms with Crippen molar-refractivity contribution >= 4 is 17.4 Å². The molecule has 3 atom stereocenters. The zero-order chi connectivity index (χ0) is 24.3. The molecule has 1 aromatic heterocycles. The van der Waals surface area contributed by atoms with Gasteiger partial charge in [0.2, 0.25) is 0 Å². The third-order valence-corrected chi connectivity index (χ3v) is 9.03. The molecule has 1 aliphatic heterocycles. The van der Waals surface area contributed by atoms with Crippen LogP contribution in [0.4, 0.5) is 11.5 Å². The van der Waals surface area contributed by atoms with E-state index >= 15 is 0 Å². The molecule has 3 unspecified atom stereocenters.